The van der Waals surface area contributed by atoms with Crippen molar-refractivity contribution in [3.05, 3.63) is 21.3 Å². The van der Waals surface area contributed by atoms with Gasteiger partial charge >= 0.3 is 0 Å². The number of rotatable bonds is 1. The van der Waals surface area contributed by atoms with Crippen molar-refractivity contribution in [3.8, 4) is 11.8 Å². The minimum atomic E-state index is 0.799. The monoisotopic (exact) mass is 248 g/mol. The van der Waals surface area contributed by atoms with Crippen LogP contribution in [0.3, 0.4) is 0 Å². The molecule has 0 bridgehead atoms. The molecule has 0 aliphatic carbocycles. The maximum Gasteiger partial charge on any atom is 0.0941 e. The van der Waals surface area contributed by atoms with Crippen LogP contribution in [0.4, 0.5) is 0 Å². The number of hydrogen-bond donors (Lipinski definition) is 0. The Morgan fingerprint density at radius 1 is 1.55 bits per heavy atom. The van der Waals surface area contributed by atoms with Crippen molar-refractivity contribution < 1.29 is 0 Å². The van der Waals surface area contributed by atoms with Crippen molar-refractivity contribution in [1.82, 2.24) is 0 Å². The lowest BCUT2D eigenvalue weighted by Gasteiger charge is -1.76. The van der Waals surface area contributed by atoms with E-state index in [9.17, 15) is 0 Å². The Kier molecular flexibility index (Phi) is 3.99. The molecule has 0 amide bonds. The number of thiophene rings is 1. The van der Waals surface area contributed by atoms with E-state index in [0.717, 1.165) is 21.0 Å². The van der Waals surface area contributed by atoms with E-state index in [1.54, 1.807) is 0 Å². The van der Waals surface area contributed by atoms with Gasteiger partial charge in [0.2, 0.25) is 0 Å². The summed E-state index contributed by atoms with van der Waals surface area (Å²) >= 11 is 10.5. The fourth-order valence-electron chi connectivity index (χ4n) is 0.578. The fraction of sp³-hybridized carbons (Fsp3) is 0.250. The molecule has 0 radical (unpaired) electrons. The highest BCUT2D eigenvalue weighted by molar-refractivity contribution is 9.09. The highest BCUT2D eigenvalue weighted by Gasteiger charge is 1.91. The van der Waals surface area contributed by atoms with Gasteiger partial charge in [-0.05, 0) is 12.1 Å². The minimum absolute atomic E-state index is 0.799. The zero-order valence-corrected chi connectivity index (χ0v) is 8.89. The molecule has 0 fully saturated rings. The summed E-state index contributed by atoms with van der Waals surface area (Å²) < 4.78 is 0.799. The van der Waals surface area contributed by atoms with Crippen molar-refractivity contribution in [3.63, 3.8) is 0 Å². The number of hydrogen-bond acceptors (Lipinski definition) is 1. The number of alkyl halides is 1. The van der Waals surface area contributed by atoms with Crippen molar-refractivity contribution in [2.75, 3.05) is 5.33 Å². The zero-order valence-electron chi connectivity index (χ0n) is 5.73. The van der Waals surface area contributed by atoms with E-state index in [2.05, 4.69) is 27.8 Å². The summed E-state index contributed by atoms with van der Waals surface area (Å²) in [6.07, 6.45) is 0.884. The molecule has 0 aliphatic heterocycles. The summed E-state index contributed by atoms with van der Waals surface area (Å²) in [5.41, 5.74) is 0. The van der Waals surface area contributed by atoms with Crippen LogP contribution in [-0.4, -0.2) is 5.33 Å². The molecule has 58 valence electrons. The molecule has 0 unspecified atom stereocenters. The number of halogens is 2. The maximum atomic E-state index is 5.71. The summed E-state index contributed by atoms with van der Waals surface area (Å²) in [7, 11) is 0. The fourth-order valence-corrected chi connectivity index (χ4v) is 1.69. The lowest BCUT2D eigenvalue weighted by atomic mass is 10.4. The molecule has 1 aromatic rings. The first-order chi connectivity index (χ1) is 5.33. The molecule has 0 spiro atoms. The van der Waals surface area contributed by atoms with Gasteiger partial charge in [-0.3, -0.25) is 0 Å². The van der Waals surface area contributed by atoms with Gasteiger partial charge in [-0.25, -0.2) is 0 Å². The third-order valence-corrected chi connectivity index (χ3v) is 2.55. The smallest absolute Gasteiger partial charge is 0.0941 e. The first kappa shape index (κ1) is 9.12. The van der Waals surface area contributed by atoms with E-state index < -0.39 is 0 Å². The highest BCUT2D eigenvalue weighted by atomic mass is 79.9. The summed E-state index contributed by atoms with van der Waals surface area (Å²) in [6, 6.07) is 3.80. The van der Waals surface area contributed by atoms with Gasteiger partial charge in [-0.15, -0.1) is 11.3 Å². The molecule has 3 heteroatoms. The lowest BCUT2D eigenvalue weighted by Crippen LogP contribution is -1.66. The molecule has 1 rings (SSSR count). The third-order valence-electron chi connectivity index (χ3n) is 1.00. The van der Waals surface area contributed by atoms with Crippen LogP contribution in [-0.2, 0) is 0 Å². The topological polar surface area (TPSA) is 0 Å². The Morgan fingerprint density at radius 2 is 2.36 bits per heavy atom. The van der Waals surface area contributed by atoms with E-state index in [-0.39, 0.29) is 0 Å². The molecular formula is C8H6BrClS. The summed E-state index contributed by atoms with van der Waals surface area (Å²) in [5.74, 6) is 6.04. The van der Waals surface area contributed by atoms with Crippen LogP contribution in [0.15, 0.2) is 12.1 Å². The van der Waals surface area contributed by atoms with Crippen LogP contribution in [0.1, 0.15) is 11.3 Å². The molecule has 1 aromatic heterocycles. The van der Waals surface area contributed by atoms with Crippen LogP contribution >= 0.6 is 38.9 Å². The van der Waals surface area contributed by atoms with E-state index in [4.69, 9.17) is 11.6 Å². The highest BCUT2D eigenvalue weighted by Crippen LogP contribution is 2.20. The van der Waals surface area contributed by atoms with Gasteiger partial charge < -0.3 is 0 Å². The molecule has 0 nitrogen and oxygen atoms in total. The van der Waals surface area contributed by atoms with Gasteiger partial charge in [0.05, 0.1) is 9.21 Å². The molecular weight excluding hydrogens is 244 g/mol. The second-order valence-corrected chi connectivity index (χ2v) is 4.35. The van der Waals surface area contributed by atoms with Gasteiger partial charge in [-0.2, -0.15) is 0 Å². The average molecular weight is 250 g/mol. The first-order valence-electron chi connectivity index (χ1n) is 3.13. The zero-order chi connectivity index (χ0) is 8.10. The predicted octanol–water partition coefficient (Wildman–Crippen LogP) is 3.54. The summed E-state index contributed by atoms with van der Waals surface area (Å²) in [6.45, 7) is 0. The average Bonchev–Trinajstić information content (AvgIpc) is 2.37. The van der Waals surface area contributed by atoms with Crippen LogP contribution in [0.5, 0.6) is 0 Å². The van der Waals surface area contributed by atoms with Gasteiger partial charge in [0.15, 0.2) is 0 Å². The molecule has 0 aromatic carbocycles. The summed E-state index contributed by atoms with van der Waals surface area (Å²) in [4.78, 5) is 1.04. The van der Waals surface area contributed by atoms with Crippen molar-refractivity contribution in [1.29, 1.82) is 0 Å². The van der Waals surface area contributed by atoms with Crippen molar-refractivity contribution in [2.24, 2.45) is 0 Å². The van der Waals surface area contributed by atoms with Crippen LogP contribution < -0.4 is 0 Å². The normalized spacial score (nSPS) is 8.91. The second-order valence-electron chi connectivity index (χ2n) is 1.84. The summed E-state index contributed by atoms with van der Waals surface area (Å²) in [5, 5.41) is 0.930. The predicted molar refractivity (Wildman–Crippen MR) is 54.6 cm³/mol. The molecule has 11 heavy (non-hydrogen) atoms. The Labute approximate surface area is 83.7 Å². The molecule has 1 heterocycles. The van der Waals surface area contributed by atoms with Crippen LogP contribution in [0, 0.1) is 11.8 Å². The third kappa shape index (κ3) is 3.29. The molecule has 0 saturated carbocycles. The van der Waals surface area contributed by atoms with E-state index in [1.165, 1.54) is 11.3 Å². The van der Waals surface area contributed by atoms with Gasteiger partial charge in [0.25, 0.3) is 0 Å². The lowest BCUT2D eigenvalue weighted by molar-refractivity contribution is 1.32. The van der Waals surface area contributed by atoms with Gasteiger partial charge in [0, 0.05) is 11.8 Å². The second kappa shape index (κ2) is 4.82. The van der Waals surface area contributed by atoms with Crippen LogP contribution in [0.25, 0.3) is 0 Å². The van der Waals surface area contributed by atoms with Gasteiger partial charge in [0.1, 0.15) is 0 Å². The van der Waals surface area contributed by atoms with Gasteiger partial charge in [-0.1, -0.05) is 39.4 Å². The Morgan fingerprint density at radius 3 is 2.91 bits per heavy atom. The molecule has 0 saturated heterocycles. The standard InChI is InChI=1S/C8H6BrClS/c9-6-2-1-3-7-4-5-8(10)11-7/h4-5H,2,6H2. The Hall–Kier alpha value is 0.0300. The van der Waals surface area contributed by atoms with E-state index in [1.807, 2.05) is 12.1 Å². The largest absolute Gasteiger partial charge is 0.115 e. The Balaban J connectivity index is 2.59. The molecule has 0 atom stereocenters. The first-order valence-corrected chi connectivity index (χ1v) is 5.44. The minimum Gasteiger partial charge on any atom is -0.115 e. The Bertz CT molecular complexity index is 282. The van der Waals surface area contributed by atoms with E-state index >= 15 is 0 Å². The maximum absolute atomic E-state index is 5.71. The van der Waals surface area contributed by atoms with Crippen molar-refractivity contribution in [2.45, 2.75) is 6.42 Å². The van der Waals surface area contributed by atoms with E-state index in [0.29, 0.717) is 0 Å². The van der Waals surface area contributed by atoms with Crippen molar-refractivity contribution >= 4 is 38.9 Å². The SMILES string of the molecule is Clc1ccc(C#CCCBr)s1. The molecule has 0 aliphatic rings. The van der Waals surface area contributed by atoms with Crippen LogP contribution in [0.2, 0.25) is 4.34 Å². The quantitative estimate of drug-likeness (QED) is 0.527. The molecule has 0 N–H and O–H groups in total.